The molecule has 4 aromatic rings. The summed E-state index contributed by atoms with van der Waals surface area (Å²) in [5.41, 5.74) is -8.87. The fourth-order valence-corrected chi connectivity index (χ4v) is 4.76. The lowest BCUT2D eigenvalue weighted by molar-refractivity contribution is -0.464. The van der Waals surface area contributed by atoms with Crippen LogP contribution >= 0.6 is 0 Å². The third-order valence-electron chi connectivity index (χ3n) is 7.10. The van der Waals surface area contributed by atoms with Gasteiger partial charge in [-0.1, -0.05) is 46.7 Å². The Morgan fingerprint density at radius 3 is 1.00 bits per heavy atom. The van der Waals surface area contributed by atoms with Gasteiger partial charge in [0.1, 0.15) is 34.9 Å². The van der Waals surface area contributed by atoms with Crippen molar-refractivity contribution in [2.75, 3.05) is 0 Å². The lowest BCUT2D eigenvalue weighted by Gasteiger charge is -2.45. The van der Waals surface area contributed by atoms with Crippen molar-refractivity contribution >= 4 is 28.7 Å². The Morgan fingerprint density at radius 1 is 0.500 bits per heavy atom. The smallest absolute Gasteiger partial charge is 0.325 e. The average molecular weight is 677 g/mol. The molecule has 0 aliphatic carbocycles. The van der Waals surface area contributed by atoms with Gasteiger partial charge in [-0.2, -0.15) is 0 Å². The van der Waals surface area contributed by atoms with Crippen LogP contribution in [-0.2, 0) is 15.0 Å². The number of benzene rings is 4. The second-order valence-electron chi connectivity index (χ2n) is 9.84. The number of hydrogen-bond acceptors (Lipinski definition) is 2. The van der Waals surface area contributed by atoms with Gasteiger partial charge in [-0.25, -0.2) is 70.7 Å². The summed E-state index contributed by atoms with van der Waals surface area (Å²) >= 11 is 0. The summed E-state index contributed by atoms with van der Waals surface area (Å²) in [5, 5.41) is 0. The maximum absolute atomic E-state index is 15.5. The highest BCUT2D eigenvalue weighted by atomic mass is 19.2. The Balaban J connectivity index is 2.42. The van der Waals surface area contributed by atoms with Crippen molar-refractivity contribution in [1.82, 2.24) is 0 Å². The van der Waals surface area contributed by atoms with Crippen molar-refractivity contribution in [1.29, 1.82) is 0 Å². The summed E-state index contributed by atoms with van der Waals surface area (Å²) in [6, 6.07) is 5.74. The number of quaternary nitrogens is 1. The molecule has 244 valence electrons. The molecule has 0 saturated carbocycles. The molecule has 0 spiro atoms. The van der Waals surface area contributed by atoms with Crippen LogP contribution < -0.4 is 22.1 Å². The molecule has 0 saturated heterocycles. The Labute approximate surface area is 245 Å². The van der Waals surface area contributed by atoms with E-state index in [1.54, 1.807) is 0 Å². The first-order valence-electron chi connectivity index (χ1n) is 12.1. The van der Waals surface area contributed by atoms with Crippen molar-refractivity contribution in [3.05, 3.63) is 123 Å². The van der Waals surface area contributed by atoms with Crippen LogP contribution in [0, 0.1) is 87.3 Å². The van der Waals surface area contributed by atoms with Gasteiger partial charge in [0.2, 0.25) is 5.54 Å². The van der Waals surface area contributed by atoms with Gasteiger partial charge >= 0.3 is 5.97 Å². The quantitative estimate of drug-likeness (QED) is 0.142. The molecule has 0 fully saturated rings. The predicted octanol–water partition coefficient (Wildman–Crippen LogP) is 4.44. The topological polar surface area (TPSA) is 53.9 Å². The van der Waals surface area contributed by atoms with E-state index in [0.717, 1.165) is 12.1 Å². The van der Waals surface area contributed by atoms with Gasteiger partial charge in [-0.05, 0) is 0 Å². The van der Waals surface area contributed by atoms with E-state index in [1.165, 1.54) is 18.2 Å². The minimum atomic E-state index is -6.51. The van der Waals surface area contributed by atoms with E-state index in [0.29, 0.717) is 6.92 Å². The van der Waals surface area contributed by atoms with E-state index >= 15 is 26.3 Å². The van der Waals surface area contributed by atoms with Crippen LogP contribution in [0.25, 0.3) is 0 Å². The monoisotopic (exact) mass is 677 g/mol. The molecular formula is C27H11BF15NO2. The normalized spacial score (nSPS) is 13.2. The van der Waals surface area contributed by atoms with Crippen molar-refractivity contribution in [2.45, 2.75) is 12.5 Å². The van der Waals surface area contributed by atoms with E-state index in [4.69, 9.17) is 4.65 Å². The van der Waals surface area contributed by atoms with E-state index in [2.05, 4.69) is 5.73 Å². The zero-order valence-electron chi connectivity index (χ0n) is 22.2. The lowest BCUT2D eigenvalue weighted by atomic mass is 9.27. The molecule has 1 atom stereocenters. The van der Waals surface area contributed by atoms with Crippen LogP contribution in [0.2, 0.25) is 0 Å². The van der Waals surface area contributed by atoms with E-state index in [9.17, 15) is 44.3 Å². The van der Waals surface area contributed by atoms with E-state index in [1.807, 2.05) is 0 Å². The summed E-state index contributed by atoms with van der Waals surface area (Å²) in [7, 11) is 0. The number of hydrogen-bond donors (Lipinski definition) is 1. The first kappa shape index (κ1) is 34.2. The van der Waals surface area contributed by atoms with Crippen molar-refractivity contribution < 1.29 is 81.0 Å². The molecule has 4 rings (SSSR count). The van der Waals surface area contributed by atoms with Crippen molar-refractivity contribution in [2.24, 2.45) is 0 Å². The number of halogens is 15. The van der Waals surface area contributed by atoms with Gasteiger partial charge in [0.15, 0.2) is 52.4 Å². The maximum atomic E-state index is 15.5. The Kier molecular flexibility index (Phi) is 8.62. The molecule has 0 aliphatic rings. The first-order chi connectivity index (χ1) is 21.3. The molecule has 0 bridgehead atoms. The summed E-state index contributed by atoms with van der Waals surface area (Å²) in [4.78, 5) is 13.6. The first-order valence-corrected chi connectivity index (χ1v) is 12.1. The Hall–Kier alpha value is -4.68. The fraction of sp³-hybridized carbons (Fsp3) is 0.0741. The maximum Gasteiger partial charge on any atom is 0.325 e. The highest BCUT2D eigenvalue weighted by Crippen LogP contribution is 2.30. The largest absolute Gasteiger partial charge is 0.671 e. The molecule has 3 nitrogen and oxygen atoms in total. The van der Waals surface area contributed by atoms with Gasteiger partial charge in [-0.3, -0.25) is 0 Å². The Morgan fingerprint density at radius 2 is 0.739 bits per heavy atom. The number of carbonyl (C=O) groups excluding carboxylic acids is 1. The number of rotatable bonds is 6. The van der Waals surface area contributed by atoms with Gasteiger partial charge in [-0.15, -0.1) is 0 Å². The summed E-state index contributed by atoms with van der Waals surface area (Å²) in [5.74, 6) is -50.8. The van der Waals surface area contributed by atoms with Crippen LogP contribution in [-0.4, -0.2) is 12.3 Å². The molecule has 0 radical (unpaired) electrons. The van der Waals surface area contributed by atoms with Gasteiger partial charge in [0.25, 0.3) is 6.35 Å². The van der Waals surface area contributed by atoms with Crippen LogP contribution in [0.1, 0.15) is 12.5 Å². The minimum absolute atomic E-state index is 0.350. The van der Waals surface area contributed by atoms with Gasteiger partial charge < -0.3 is 10.4 Å². The molecule has 19 heteroatoms. The van der Waals surface area contributed by atoms with Crippen LogP contribution in [0.5, 0.6) is 0 Å². The zero-order valence-corrected chi connectivity index (χ0v) is 22.2. The Bertz CT molecular complexity index is 1680. The van der Waals surface area contributed by atoms with Crippen LogP contribution in [0.3, 0.4) is 0 Å². The summed E-state index contributed by atoms with van der Waals surface area (Å²) in [6.45, 7) is 0.709. The molecular weight excluding hydrogens is 666 g/mol. The van der Waals surface area contributed by atoms with Gasteiger partial charge in [0, 0.05) is 12.5 Å². The SMILES string of the molecule is CC([NH3+])(C(=O)O[B-](c1c(F)c(F)c(F)c(F)c1F)(c1c(F)c(F)c(F)c(F)c1F)c1c(F)c(F)c(F)c(F)c1F)c1ccccc1. The average Bonchev–Trinajstić information content (AvgIpc) is 3.03. The molecule has 1 unspecified atom stereocenters. The fourth-order valence-electron chi connectivity index (χ4n) is 4.76. The predicted molar refractivity (Wildman–Crippen MR) is 126 cm³/mol. The molecule has 3 N–H and O–H groups in total. The van der Waals surface area contributed by atoms with Crippen LogP contribution in [0.15, 0.2) is 30.3 Å². The molecule has 0 aromatic heterocycles. The summed E-state index contributed by atoms with van der Waals surface area (Å²) < 4.78 is 227. The molecule has 0 aliphatic heterocycles. The van der Waals surface area contributed by atoms with E-state index in [-0.39, 0.29) is 5.56 Å². The molecule has 4 aromatic carbocycles. The molecule has 0 heterocycles. The second-order valence-corrected chi connectivity index (χ2v) is 9.84. The lowest BCUT2D eigenvalue weighted by Crippen LogP contribution is -2.79. The molecule has 0 amide bonds. The third kappa shape index (κ3) is 4.75. The zero-order chi connectivity index (χ0) is 34.8. The highest BCUT2D eigenvalue weighted by molar-refractivity contribution is 7.08. The molecule has 46 heavy (non-hydrogen) atoms. The standard InChI is InChI=1S/C27H10BF15NO2/c1-27(44,7-5-3-2-4-6-7)26(45)46-28(8-11(29)17(35)23(41)18(36)12(8)30,9-13(31)19(37)24(42)20(38)14(9)32)10-15(33)21(39)25(43)22(40)16(10)34/h2-6H,44H2,1H3/q-1/p+1. The number of carbonyl (C=O) groups is 1. The minimum Gasteiger partial charge on any atom is -0.671 e. The van der Waals surface area contributed by atoms with Gasteiger partial charge in [0.05, 0.1) is 0 Å². The highest BCUT2D eigenvalue weighted by Gasteiger charge is 2.53. The van der Waals surface area contributed by atoms with Crippen molar-refractivity contribution in [3.63, 3.8) is 0 Å². The summed E-state index contributed by atoms with van der Waals surface area (Å²) in [6.07, 6.45) is -6.51. The van der Waals surface area contributed by atoms with E-state index < -0.39 is 122 Å². The second kappa shape index (κ2) is 11.6. The third-order valence-corrected chi connectivity index (χ3v) is 7.10. The van der Waals surface area contributed by atoms with Crippen molar-refractivity contribution in [3.8, 4) is 0 Å². The van der Waals surface area contributed by atoms with Crippen LogP contribution in [0.4, 0.5) is 65.9 Å².